The topological polar surface area (TPSA) is 67.4 Å². The van der Waals surface area contributed by atoms with Crippen molar-refractivity contribution in [2.24, 2.45) is 0 Å². The number of hydrogen-bond donors (Lipinski definition) is 2. The molecule has 6 heteroatoms. The van der Waals surface area contributed by atoms with E-state index in [0.717, 1.165) is 12.2 Å². The smallest absolute Gasteiger partial charge is 0.255 e. The second-order valence-corrected chi connectivity index (χ2v) is 5.90. The number of carbonyl (C=O) groups excluding carboxylic acids is 1. The number of nitrogens with one attached hydrogen (secondary N) is 2. The van der Waals surface area contributed by atoms with E-state index in [1.54, 1.807) is 12.3 Å². The third kappa shape index (κ3) is 3.70. The molecule has 1 atom stereocenters. The van der Waals surface area contributed by atoms with Crippen LogP contribution in [0.2, 0.25) is 0 Å². The molecule has 0 aromatic heterocycles. The molecule has 19 heavy (non-hydrogen) atoms. The maximum absolute atomic E-state index is 12.1. The fourth-order valence-electron chi connectivity index (χ4n) is 1.92. The minimum atomic E-state index is -0.813. The third-order valence-electron chi connectivity index (χ3n) is 2.82. The molecular formula is C13H18N2O3S. The number of anilines is 1. The normalized spacial score (nSPS) is 14.8. The highest BCUT2D eigenvalue weighted by molar-refractivity contribution is 7.84. The van der Waals surface area contributed by atoms with E-state index in [-0.39, 0.29) is 5.91 Å². The molecule has 0 saturated heterocycles. The number of rotatable bonds is 5. The van der Waals surface area contributed by atoms with Crippen LogP contribution in [0.3, 0.4) is 0 Å². The summed E-state index contributed by atoms with van der Waals surface area (Å²) in [6, 6.07) is 5.47. The lowest BCUT2D eigenvalue weighted by atomic mass is 10.1. The van der Waals surface area contributed by atoms with Crippen molar-refractivity contribution < 1.29 is 13.7 Å². The molecule has 0 aliphatic carbocycles. The lowest BCUT2D eigenvalue weighted by molar-refractivity contribution is 0.0949. The average Bonchev–Trinajstić information content (AvgIpc) is 2.42. The van der Waals surface area contributed by atoms with E-state index in [2.05, 4.69) is 10.6 Å². The summed E-state index contributed by atoms with van der Waals surface area (Å²) in [6.45, 7) is 1.84. The first kappa shape index (κ1) is 13.9. The number of para-hydroxylation sites is 1. The largest absolute Gasteiger partial charge is 0.489 e. The molecular weight excluding hydrogens is 264 g/mol. The zero-order valence-electron chi connectivity index (χ0n) is 10.9. The molecule has 0 radical (unpaired) electrons. The number of benzene rings is 1. The summed E-state index contributed by atoms with van der Waals surface area (Å²) >= 11 is 0. The van der Waals surface area contributed by atoms with Crippen molar-refractivity contribution in [2.75, 3.05) is 37.0 Å². The first-order valence-electron chi connectivity index (χ1n) is 6.26. The molecule has 1 aliphatic heterocycles. The van der Waals surface area contributed by atoms with E-state index in [9.17, 15) is 9.00 Å². The van der Waals surface area contributed by atoms with Crippen LogP contribution in [0.1, 0.15) is 16.8 Å². The Bertz CT molecular complexity index is 491. The zero-order valence-corrected chi connectivity index (χ0v) is 11.7. The van der Waals surface area contributed by atoms with Crippen molar-refractivity contribution >= 4 is 22.4 Å². The van der Waals surface area contributed by atoms with E-state index in [4.69, 9.17) is 4.74 Å². The van der Waals surface area contributed by atoms with Gasteiger partial charge in [-0.3, -0.25) is 9.00 Å². The minimum absolute atomic E-state index is 0.151. The molecule has 1 unspecified atom stereocenters. The highest BCUT2D eigenvalue weighted by atomic mass is 32.2. The number of ether oxygens (including phenoxy) is 1. The van der Waals surface area contributed by atoms with Crippen molar-refractivity contribution in [1.82, 2.24) is 5.32 Å². The molecule has 104 valence electrons. The fourth-order valence-corrected chi connectivity index (χ4v) is 2.47. The monoisotopic (exact) mass is 282 g/mol. The van der Waals surface area contributed by atoms with E-state index in [1.807, 2.05) is 12.1 Å². The van der Waals surface area contributed by atoms with Crippen LogP contribution in [0.15, 0.2) is 18.2 Å². The van der Waals surface area contributed by atoms with Gasteiger partial charge in [0.15, 0.2) is 5.75 Å². The Kier molecular flexibility index (Phi) is 4.79. The maximum Gasteiger partial charge on any atom is 0.255 e. The summed E-state index contributed by atoms with van der Waals surface area (Å²) in [7, 11) is -0.813. The Morgan fingerprint density at radius 2 is 2.37 bits per heavy atom. The standard InChI is InChI=1S/C13H18N2O3S/c1-19(17)9-3-6-15-13(16)10-4-2-5-11-12(10)18-8-7-14-11/h2,4-5,14H,3,6-9H2,1H3,(H,15,16). The van der Waals surface area contributed by atoms with Crippen LogP contribution < -0.4 is 15.4 Å². The molecule has 0 saturated carbocycles. The van der Waals surface area contributed by atoms with Crippen LogP contribution in [-0.2, 0) is 10.8 Å². The van der Waals surface area contributed by atoms with Crippen LogP contribution in [0, 0.1) is 0 Å². The summed E-state index contributed by atoms with van der Waals surface area (Å²) < 4.78 is 16.5. The molecule has 1 amide bonds. The number of carbonyl (C=O) groups is 1. The van der Waals surface area contributed by atoms with Crippen LogP contribution in [0.25, 0.3) is 0 Å². The zero-order chi connectivity index (χ0) is 13.7. The molecule has 0 bridgehead atoms. The Morgan fingerprint density at radius 1 is 1.53 bits per heavy atom. The van der Waals surface area contributed by atoms with Crippen LogP contribution in [0.4, 0.5) is 5.69 Å². The van der Waals surface area contributed by atoms with Crippen molar-refractivity contribution in [3.05, 3.63) is 23.8 Å². The van der Waals surface area contributed by atoms with Crippen LogP contribution in [0.5, 0.6) is 5.75 Å². The van der Waals surface area contributed by atoms with Crippen molar-refractivity contribution in [3.63, 3.8) is 0 Å². The molecule has 1 aromatic rings. The van der Waals surface area contributed by atoms with E-state index >= 15 is 0 Å². The van der Waals surface area contributed by atoms with Gasteiger partial charge in [-0.2, -0.15) is 0 Å². The average molecular weight is 282 g/mol. The lowest BCUT2D eigenvalue weighted by Gasteiger charge is -2.21. The Labute approximate surface area is 115 Å². The van der Waals surface area contributed by atoms with Crippen molar-refractivity contribution in [3.8, 4) is 5.75 Å². The summed E-state index contributed by atoms with van der Waals surface area (Å²) in [4.78, 5) is 12.1. The molecule has 1 heterocycles. The van der Waals surface area contributed by atoms with Gasteiger partial charge in [0.25, 0.3) is 5.91 Å². The molecule has 2 N–H and O–H groups in total. The van der Waals surface area contributed by atoms with Crippen LogP contribution in [-0.4, -0.2) is 41.8 Å². The van der Waals surface area contributed by atoms with Gasteiger partial charge in [0.1, 0.15) is 6.61 Å². The highest BCUT2D eigenvalue weighted by Gasteiger charge is 2.18. The lowest BCUT2D eigenvalue weighted by Crippen LogP contribution is -2.27. The highest BCUT2D eigenvalue weighted by Crippen LogP contribution is 2.30. The molecule has 5 nitrogen and oxygen atoms in total. The quantitative estimate of drug-likeness (QED) is 0.790. The summed E-state index contributed by atoms with van der Waals surface area (Å²) in [5.41, 5.74) is 1.40. The maximum atomic E-state index is 12.1. The first-order valence-corrected chi connectivity index (χ1v) is 7.99. The second-order valence-electron chi connectivity index (χ2n) is 4.34. The van der Waals surface area contributed by atoms with Gasteiger partial charge in [0.2, 0.25) is 0 Å². The fraction of sp³-hybridized carbons (Fsp3) is 0.462. The first-order chi connectivity index (χ1) is 9.18. The number of hydrogen-bond acceptors (Lipinski definition) is 4. The molecule has 1 aromatic carbocycles. The predicted molar refractivity (Wildman–Crippen MR) is 76.3 cm³/mol. The Morgan fingerprint density at radius 3 is 3.16 bits per heavy atom. The molecule has 2 rings (SSSR count). The SMILES string of the molecule is CS(=O)CCCNC(=O)c1cccc2c1OCCN2. The van der Waals surface area contributed by atoms with E-state index < -0.39 is 10.8 Å². The van der Waals surface area contributed by atoms with Crippen LogP contribution >= 0.6 is 0 Å². The number of amides is 1. The molecule has 0 fully saturated rings. The van der Waals surface area contributed by atoms with Gasteiger partial charge in [0.05, 0.1) is 11.3 Å². The minimum Gasteiger partial charge on any atom is -0.489 e. The predicted octanol–water partition coefficient (Wildman–Crippen LogP) is 0.989. The van der Waals surface area contributed by atoms with Gasteiger partial charge in [-0.05, 0) is 18.6 Å². The van der Waals surface area contributed by atoms with Gasteiger partial charge in [-0.15, -0.1) is 0 Å². The second kappa shape index (κ2) is 6.56. The summed E-state index contributed by atoms with van der Waals surface area (Å²) in [5.74, 6) is 1.07. The number of fused-ring (bicyclic) bond motifs is 1. The summed E-state index contributed by atoms with van der Waals surface area (Å²) in [6.07, 6.45) is 2.37. The van der Waals surface area contributed by atoms with Gasteiger partial charge in [-0.25, -0.2) is 0 Å². The Hall–Kier alpha value is -1.56. The third-order valence-corrected chi connectivity index (χ3v) is 3.68. The molecule has 0 spiro atoms. The van der Waals surface area contributed by atoms with Gasteiger partial charge in [0, 0.05) is 35.9 Å². The van der Waals surface area contributed by atoms with Crippen molar-refractivity contribution in [1.29, 1.82) is 0 Å². The van der Waals surface area contributed by atoms with Gasteiger partial charge in [-0.1, -0.05) is 6.07 Å². The van der Waals surface area contributed by atoms with Gasteiger partial charge >= 0.3 is 0 Å². The van der Waals surface area contributed by atoms with Gasteiger partial charge < -0.3 is 15.4 Å². The van der Waals surface area contributed by atoms with E-state index in [0.29, 0.717) is 36.6 Å². The molecule has 1 aliphatic rings. The Balaban J connectivity index is 1.97. The van der Waals surface area contributed by atoms with Crippen molar-refractivity contribution in [2.45, 2.75) is 6.42 Å². The summed E-state index contributed by atoms with van der Waals surface area (Å²) in [5, 5.41) is 6.02. The van der Waals surface area contributed by atoms with E-state index in [1.165, 1.54) is 0 Å².